The Kier molecular flexibility index (Phi) is 2.78. The molecule has 0 radical (unpaired) electrons. The third-order valence-corrected chi connectivity index (χ3v) is 2.98. The molecule has 104 valence electrons. The third kappa shape index (κ3) is 2.39. The quantitative estimate of drug-likeness (QED) is 0.751. The number of nitrogens with one attached hydrogen (secondary N) is 2. The van der Waals surface area contributed by atoms with Gasteiger partial charge in [0, 0.05) is 18.8 Å². The van der Waals surface area contributed by atoms with Crippen LogP contribution in [0.25, 0.3) is 22.7 Å². The van der Waals surface area contributed by atoms with Crippen molar-refractivity contribution in [3.8, 4) is 11.6 Å². The zero-order valence-electron chi connectivity index (χ0n) is 12.2. The highest BCUT2D eigenvalue weighted by atomic mass is 15.2. The van der Waals surface area contributed by atoms with Crippen LogP contribution in [0.3, 0.4) is 0 Å². The molecular formula is C15H19N5. The van der Waals surface area contributed by atoms with Gasteiger partial charge in [0.25, 0.3) is 0 Å². The van der Waals surface area contributed by atoms with Crippen LogP contribution in [0, 0.1) is 0 Å². The van der Waals surface area contributed by atoms with E-state index in [0.717, 1.165) is 28.5 Å². The first-order valence-electron chi connectivity index (χ1n) is 6.69. The fourth-order valence-electron chi connectivity index (χ4n) is 2.19. The van der Waals surface area contributed by atoms with Crippen LogP contribution in [0.4, 0.5) is 5.82 Å². The van der Waals surface area contributed by atoms with E-state index in [0.29, 0.717) is 0 Å². The zero-order valence-corrected chi connectivity index (χ0v) is 12.2. The Morgan fingerprint density at radius 3 is 2.60 bits per heavy atom. The lowest BCUT2D eigenvalue weighted by Gasteiger charge is -2.19. The maximum atomic E-state index is 4.62. The van der Waals surface area contributed by atoms with Gasteiger partial charge in [-0.2, -0.15) is 0 Å². The van der Waals surface area contributed by atoms with Gasteiger partial charge >= 0.3 is 0 Å². The van der Waals surface area contributed by atoms with E-state index in [4.69, 9.17) is 0 Å². The molecule has 0 saturated carbocycles. The topological polar surface area (TPSA) is 58.5 Å². The minimum Gasteiger partial charge on any atom is -0.364 e. The molecule has 1 aromatic carbocycles. The van der Waals surface area contributed by atoms with Gasteiger partial charge in [-0.05, 0) is 32.9 Å². The van der Waals surface area contributed by atoms with E-state index in [1.54, 1.807) is 0 Å². The first-order valence-corrected chi connectivity index (χ1v) is 6.69. The second kappa shape index (κ2) is 4.37. The molecule has 0 amide bonds. The number of aryl methyl sites for hydroxylation is 1. The number of aromatic amines is 1. The molecule has 2 heterocycles. The molecule has 3 aromatic rings. The Labute approximate surface area is 118 Å². The molecule has 0 saturated heterocycles. The predicted molar refractivity (Wildman–Crippen MR) is 81.7 cm³/mol. The highest BCUT2D eigenvalue weighted by Crippen LogP contribution is 2.22. The minimum absolute atomic E-state index is 0.0144. The molecular weight excluding hydrogens is 250 g/mol. The van der Waals surface area contributed by atoms with E-state index in [1.807, 2.05) is 42.1 Å². The maximum Gasteiger partial charge on any atom is 0.178 e. The van der Waals surface area contributed by atoms with E-state index < -0.39 is 0 Å². The first-order chi connectivity index (χ1) is 9.42. The Bertz CT molecular complexity index is 712. The SMILES string of the molecule is Cn1cc(NC(C)(C)C)nc1-c1nc2ccccc2[nH]1. The molecule has 0 fully saturated rings. The lowest BCUT2D eigenvalue weighted by Crippen LogP contribution is -2.26. The maximum absolute atomic E-state index is 4.62. The van der Waals surface area contributed by atoms with Gasteiger partial charge in [0.1, 0.15) is 5.82 Å². The number of hydrogen-bond acceptors (Lipinski definition) is 3. The summed E-state index contributed by atoms with van der Waals surface area (Å²) in [6.45, 7) is 6.34. The summed E-state index contributed by atoms with van der Waals surface area (Å²) in [7, 11) is 1.98. The van der Waals surface area contributed by atoms with E-state index in [9.17, 15) is 0 Å². The van der Waals surface area contributed by atoms with Gasteiger partial charge < -0.3 is 14.9 Å². The Morgan fingerprint density at radius 1 is 1.15 bits per heavy atom. The van der Waals surface area contributed by atoms with Crippen LogP contribution in [0.15, 0.2) is 30.5 Å². The number of anilines is 1. The summed E-state index contributed by atoms with van der Waals surface area (Å²) in [5, 5.41) is 3.37. The first kappa shape index (κ1) is 12.7. The molecule has 5 heteroatoms. The molecule has 2 N–H and O–H groups in total. The largest absolute Gasteiger partial charge is 0.364 e. The number of fused-ring (bicyclic) bond motifs is 1. The summed E-state index contributed by atoms with van der Waals surface area (Å²) in [6.07, 6.45) is 1.98. The van der Waals surface area contributed by atoms with Crippen molar-refractivity contribution in [2.45, 2.75) is 26.3 Å². The smallest absolute Gasteiger partial charge is 0.178 e. The Hall–Kier alpha value is -2.30. The van der Waals surface area contributed by atoms with Crippen molar-refractivity contribution in [2.75, 3.05) is 5.32 Å². The number of benzene rings is 1. The molecule has 0 spiro atoms. The van der Waals surface area contributed by atoms with E-state index in [2.05, 4.69) is 41.0 Å². The number of imidazole rings is 2. The van der Waals surface area contributed by atoms with Gasteiger partial charge in [-0.1, -0.05) is 12.1 Å². The molecule has 0 bridgehead atoms. The number of para-hydroxylation sites is 2. The number of rotatable bonds is 2. The summed E-state index contributed by atoms with van der Waals surface area (Å²) in [5.41, 5.74) is 1.96. The van der Waals surface area contributed by atoms with E-state index in [1.165, 1.54) is 0 Å². The predicted octanol–water partition coefficient (Wildman–Crippen LogP) is 3.17. The lowest BCUT2D eigenvalue weighted by molar-refractivity contribution is 0.631. The van der Waals surface area contributed by atoms with Crippen molar-refractivity contribution in [3.05, 3.63) is 30.5 Å². The summed E-state index contributed by atoms with van der Waals surface area (Å²) in [4.78, 5) is 12.5. The van der Waals surface area contributed by atoms with Crippen LogP contribution in [0.2, 0.25) is 0 Å². The standard InChI is InChI=1S/C15H19N5/c1-15(2,3)19-12-9-20(4)14(18-12)13-16-10-7-5-6-8-11(10)17-13/h5-9,19H,1-4H3,(H,16,17). The highest BCUT2D eigenvalue weighted by molar-refractivity contribution is 5.78. The van der Waals surface area contributed by atoms with Gasteiger partial charge in [-0.15, -0.1) is 0 Å². The van der Waals surface area contributed by atoms with Gasteiger partial charge in [0.05, 0.1) is 11.0 Å². The van der Waals surface area contributed by atoms with Gasteiger partial charge in [0.2, 0.25) is 0 Å². The molecule has 5 nitrogen and oxygen atoms in total. The summed E-state index contributed by atoms with van der Waals surface area (Å²) in [5.74, 6) is 2.47. The average molecular weight is 269 g/mol. The second-order valence-corrected chi connectivity index (χ2v) is 6.04. The van der Waals surface area contributed by atoms with Crippen molar-refractivity contribution in [1.82, 2.24) is 19.5 Å². The molecule has 0 atom stereocenters. The number of H-pyrrole nitrogens is 1. The fraction of sp³-hybridized carbons (Fsp3) is 0.333. The van der Waals surface area contributed by atoms with E-state index >= 15 is 0 Å². The van der Waals surface area contributed by atoms with Crippen molar-refractivity contribution >= 4 is 16.9 Å². The molecule has 3 rings (SSSR count). The van der Waals surface area contributed by atoms with Crippen molar-refractivity contribution < 1.29 is 0 Å². The normalized spacial score (nSPS) is 12.0. The van der Waals surface area contributed by atoms with Crippen LogP contribution in [-0.4, -0.2) is 25.1 Å². The number of nitrogens with zero attached hydrogens (tertiary/aromatic N) is 3. The molecule has 0 aliphatic heterocycles. The molecule has 0 unspecified atom stereocenters. The van der Waals surface area contributed by atoms with Crippen LogP contribution < -0.4 is 5.32 Å². The van der Waals surface area contributed by atoms with Crippen LogP contribution >= 0.6 is 0 Å². The van der Waals surface area contributed by atoms with Gasteiger partial charge in [-0.25, -0.2) is 9.97 Å². The minimum atomic E-state index is -0.0144. The summed E-state index contributed by atoms with van der Waals surface area (Å²) >= 11 is 0. The number of aromatic nitrogens is 4. The monoisotopic (exact) mass is 269 g/mol. The molecule has 0 aliphatic rings. The van der Waals surface area contributed by atoms with Crippen LogP contribution in [0.5, 0.6) is 0 Å². The van der Waals surface area contributed by atoms with Crippen LogP contribution in [-0.2, 0) is 7.05 Å². The van der Waals surface area contributed by atoms with E-state index in [-0.39, 0.29) is 5.54 Å². The molecule has 2 aromatic heterocycles. The van der Waals surface area contributed by atoms with Gasteiger partial charge in [-0.3, -0.25) is 0 Å². The Balaban J connectivity index is 2.01. The second-order valence-electron chi connectivity index (χ2n) is 6.04. The van der Waals surface area contributed by atoms with Crippen LogP contribution in [0.1, 0.15) is 20.8 Å². The molecule has 20 heavy (non-hydrogen) atoms. The summed E-state index contributed by atoms with van der Waals surface area (Å²) < 4.78 is 1.98. The average Bonchev–Trinajstić information content (AvgIpc) is 2.90. The fourth-order valence-corrected chi connectivity index (χ4v) is 2.19. The van der Waals surface area contributed by atoms with Crippen molar-refractivity contribution in [2.24, 2.45) is 7.05 Å². The molecule has 0 aliphatic carbocycles. The van der Waals surface area contributed by atoms with Gasteiger partial charge in [0.15, 0.2) is 11.6 Å². The summed E-state index contributed by atoms with van der Waals surface area (Å²) in [6, 6.07) is 7.99. The Morgan fingerprint density at radius 2 is 1.90 bits per heavy atom. The van der Waals surface area contributed by atoms with Crippen molar-refractivity contribution in [3.63, 3.8) is 0 Å². The zero-order chi connectivity index (χ0) is 14.3. The lowest BCUT2D eigenvalue weighted by atomic mass is 10.1. The third-order valence-electron chi connectivity index (χ3n) is 2.98. The highest BCUT2D eigenvalue weighted by Gasteiger charge is 2.15. The number of hydrogen-bond donors (Lipinski definition) is 2. The van der Waals surface area contributed by atoms with Crippen molar-refractivity contribution in [1.29, 1.82) is 0 Å².